The van der Waals surface area contributed by atoms with Gasteiger partial charge in [-0.2, -0.15) is 5.26 Å². The number of nitrogens with zero attached hydrogens (tertiary/aromatic N) is 2. The summed E-state index contributed by atoms with van der Waals surface area (Å²) in [4.78, 5) is 13.4. The van der Waals surface area contributed by atoms with Gasteiger partial charge in [0, 0.05) is 12.1 Å². The molecule has 0 bridgehead atoms. The van der Waals surface area contributed by atoms with Crippen molar-refractivity contribution < 1.29 is 9.18 Å². The number of nitriles is 1. The number of benzene rings is 1. The molecule has 0 heterocycles. The van der Waals surface area contributed by atoms with Gasteiger partial charge in [0.05, 0.1) is 6.07 Å². The molecule has 1 amide bonds. The van der Waals surface area contributed by atoms with Crippen LogP contribution >= 0.6 is 0 Å². The molecule has 0 spiro atoms. The Morgan fingerprint density at radius 1 is 1.53 bits per heavy atom. The van der Waals surface area contributed by atoms with Gasteiger partial charge in [0.2, 0.25) is 0 Å². The molecular formula is C13H15FN2O. The van der Waals surface area contributed by atoms with E-state index in [2.05, 4.69) is 0 Å². The molecule has 90 valence electrons. The molecule has 17 heavy (non-hydrogen) atoms. The summed E-state index contributed by atoms with van der Waals surface area (Å²) in [6.07, 6.45) is 0.766. The molecule has 0 aliphatic rings. The van der Waals surface area contributed by atoms with E-state index in [4.69, 9.17) is 5.26 Å². The summed E-state index contributed by atoms with van der Waals surface area (Å²) >= 11 is 0. The molecule has 0 aliphatic heterocycles. The molecule has 0 unspecified atom stereocenters. The first-order chi connectivity index (χ1) is 8.10. The third-order valence-corrected chi connectivity index (χ3v) is 2.46. The van der Waals surface area contributed by atoms with Crippen LogP contribution in [0.15, 0.2) is 18.2 Å². The van der Waals surface area contributed by atoms with Gasteiger partial charge in [0.1, 0.15) is 12.4 Å². The molecule has 0 N–H and O–H groups in total. The number of carbonyl (C=O) groups is 1. The van der Waals surface area contributed by atoms with Crippen molar-refractivity contribution in [3.8, 4) is 6.07 Å². The predicted octanol–water partition coefficient (Wildman–Crippen LogP) is 2.51. The maximum atomic E-state index is 13.3. The highest BCUT2D eigenvalue weighted by Gasteiger charge is 2.15. The standard InChI is InChI=1S/C13H15FN2O/c1-3-7-16(8-6-15)13(17)11-5-4-10(2)12(14)9-11/h4-5,9H,3,7-8H2,1-2H3. The summed E-state index contributed by atoms with van der Waals surface area (Å²) < 4.78 is 13.3. The van der Waals surface area contributed by atoms with Crippen LogP contribution in [0.3, 0.4) is 0 Å². The molecule has 3 nitrogen and oxygen atoms in total. The van der Waals surface area contributed by atoms with Crippen molar-refractivity contribution in [1.29, 1.82) is 5.26 Å². The SMILES string of the molecule is CCCN(CC#N)C(=O)c1ccc(C)c(F)c1. The number of hydrogen-bond acceptors (Lipinski definition) is 2. The van der Waals surface area contributed by atoms with Crippen molar-refractivity contribution in [3.63, 3.8) is 0 Å². The van der Waals surface area contributed by atoms with Gasteiger partial charge in [-0.05, 0) is 31.0 Å². The second kappa shape index (κ2) is 6.00. The van der Waals surface area contributed by atoms with E-state index in [1.54, 1.807) is 19.1 Å². The van der Waals surface area contributed by atoms with Crippen LogP contribution in [0.5, 0.6) is 0 Å². The van der Waals surface area contributed by atoms with Crippen LogP contribution in [-0.2, 0) is 0 Å². The van der Waals surface area contributed by atoms with E-state index in [0.29, 0.717) is 12.1 Å². The molecule has 1 rings (SSSR count). The molecule has 0 radical (unpaired) electrons. The Morgan fingerprint density at radius 3 is 2.76 bits per heavy atom. The number of aryl methyl sites for hydroxylation is 1. The second-order valence-corrected chi connectivity index (χ2v) is 3.85. The second-order valence-electron chi connectivity index (χ2n) is 3.85. The zero-order valence-electron chi connectivity index (χ0n) is 10.0. The van der Waals surface area contributed by atoms with Gasteiger partial charge < -0.3 is 4.90 Å². The van der Waals surface area contributed by atoms with Gasteiger partial charge in [-0.1, -0.05) is 13.0 Å². The molecule has 0 saturated carbocycles. The van der Waals surface area contributed by atoms with E-state index < -0.39 is 5.82 Å². The minimum Gasteiger partial charge on any atom is -0.325 e. The van der Waals surface area contributed by atoms with E-state index in [1.165, 1.54) is 11.0 Å². The fraction of sp³-hybridized carbons (Fsp3) is 0.385. The number of amides is 1. The third kappa shape index (κ3) is 3.28. The minimum atomic E-state index is -0.399. The Labute approximate surface area is 100 Å². The van der Waals surface area contributed by atoms with Crippen molar-refractivity contribution >= 4 is 5.91 Å². The minimum absolute atomic E-state index is 0.0299. The first-order valence-electron chi connectivity index (χ1n) is 5.52. The Balaban J connectivity index is 2.93. The Kier molecular flexibility index (Phi) is 4.65. The predicted molar refractivity (Wildman–Crippen MR) is 62.9 cm³/mol. The summed E-state index contributed by atoms with van der Waals surface area (Å²) in [5.74, 6) is -0.698. The monoisotopic (exact) mass is 234 g/mol. The van der Waals surface area contributed by atoms with Crippen LogP contribution in [0.4, 0.5) is 4.39 Å². The number of hydrogen-bond donors (Lipinski definition) is 0. The molecule has 0 aliphatic carbocycles. The first kappa shape index (κ1) is 13.2. The quantitative estimate of drug-likeness (QED) is 0.751. The first-order valence-corrected chi connectivity index (χ1v) is 5.52. The van der Waals surface area contributed by atoms with Crippen LogP contribution in [-0.4, -0.2) is 23.9 Å². The third-order valence-electron chi connectivity index (χ3n) is 2.46. The maximum Gasteiger partial charge on any atom is 0.254 e. The van der Waals surface area contributed by atoms with E-state index in [1.807, 2.05) is 13.0 Å². The van der Waals surface area contributed by atoms with E-state index in [0.717, 1.165) is 6.42 Å². The van der Waals surface area contributed by atoms with E-state index in [-0.39, 0.29) is 18.0 Å². The summed E-state index contributed by atoms with van der Waals surface area (Å²) in [5.41, 5.74) is 0.792. The van der Waals surface area contributed by atoms with Gasteiger partial charge in [0.25, 0.3) is 5.91 Å². The van der Waals surface area contributed by atoms with Crippen LogP contribution in [0.1, 0.15) is 29.3 Å². The van der Waals surface area contributed by atoms with E-state index >= 15 is 0 Å². The summed E-state index contributed by atoms with van der Waals surface area (Å²) in [7, 11) is 0. The smallest absolute Gasteiger partial charge is 0.254 e. The van der Waals surface area contributed by atoms with Crippen LogP contribution < -0.4 is 0 Å². The molecular weight excluding hydrogens is 219 g/mol. The van der Waals surface area contributed by atoms with Crippen LogP contribution in [0.25, 0.3) is 0 Å². The fourth-order valence-corrected chi connectivity index (χ4v) is 1.52. The van der Waals surface area contributed by atoms with Crippen molar-refractivity contribution in [1.82, 2.24) is 4.90 Å². The highest BCUT2D eigenvalue weighted by atomic mass is 19.1. The number of rotatable bonds is 4. The number of carbonyl (C=O) groups excluding carboxylic acids is 1. The maximum absolute atomic E-state index is 13.3. The van der Waals surface area contributed by atoms with Crippen molar-refractivity contribution in [2.75, 3.05) is 13.1 Å². The van der Waals surface area contributed by atoms with Crippen molar-refractivity contribution in [2.24, 2.45) is 0 Å². The zero-order valence-corrected chi connectivity index (χ0v) is 10.0. The number of halogens is 1. The molecule has 0 aromatic heterocycles. The Morgan fingerprint density at radius 2 is 2.24 bits per heavy atom. The summed E-state index contributed by atoms with van der Waals surface area (Å²) in [6.45, 7) is 4.10. The normalized spacial score (nSPS) is 9.76. The largest absolute Gasteiger partial charge is 0.325 e. The molecule has 4 heteroatoms. The topological polar surface area (TPSA) is 44.1 Å². The lowest BCUT2D eigenvalue weighted by atomic mass is 10.1. The lowest BCUT2D eigenvalue weighted by Crippen LogP contribution is -2.32. The Hall–Kier alpha value is -1.89. The van der Waals surface area contributed by atoms with Crippen molar-refractivity contribution in [2.45, 2.75) is 20.3 Å². The van der Waals surface area contributed by atoms with E-state index in [9.17, 15) is 9.18 Å². The van der Waals surface area contributed by atoms with Gasteiger partial charge in [-0.25, -0.2) is 4.39 Å². The Bertz CT molecular complexity index is 451. The lowest BCUT2D eigenvalue weighted by molar-refractivity contribution is 0.0775. The van der Waals surface area contributed by atoms with Gasteiger partial charge in [-0.3, -0.25) is 4.79 Å². The molecule has 0 saturated heterocycles. The molecule has 1 aromatic rings. The zero-order chi connectivity index (χ0) is 12.8. The molecule has 1 aromatic carbocycles. The fourth-order valence-electron chi connectivity index (χ4n) is 1.52. The molecule has 0 fully saturated rings. The van der Waals surface area contributed by atoms with Crippen LogP contribution in [0.2, 0.25) is 0 Å². The summed E-state index contributed by atoms with van der Waals surface area (Å²) in [5, 5.41) is 8.64. The average Bonchev–Trinajstić information content (AvgIpc) is 2.31. The lowest BCUT2D eigenvalue weighted by Gasteiger charge is -2.18. The highest BCUT2D eigenvalue weighted by Crippen LogP contribution is 2.11. The van der Waals surface area contributed by atoms with Gasteiger partial charge in [0.15, 0.2) is 0 Å². The van der Waals surface area contributed by atoms with Crippen LogP contribution in [0, 0.1) is 24.1 Å². The van der Waals surface area contributed by atoms with Gasteiger partial charge >= 0.3 is 0 Å². The molecule has 0 atom stereocenters. The average molecular weight is 234 g/mol. The highest BCUT2D eigenvalue weighted by molar-refractivity contribution is 5.94. The van der Waals surface area contributed by atoms with Crippen molar-refractivity contribution in [3.05, 3.63) is 35.1 Å². The van der Waals surface area contributed by atoms with Gasteiger partial charge in [-0.15, -0.1) is 0 Å². The summed E-state index contributed by atoms with van der Waals surface area (Å²) in [6, 6.07) is 6.31.